The number of nitrogens with two attached hydrogens (primary N) is 1. The van der Waals surface area contributed by atoms with Gasteiger partial charge in [-0.1, -0.05) is 13.3 Å². The lowest BCUT2D eigenvalue weighted by Crippen LogP contribution is -2.34. The summed E-state index contributed by atoms with van der Waals surface area (Å²) in [6.07, 6.45) is 1.64. The Morgan fingerprint density at radius 1 is 1.58 bits per heavy atom. The van der Waals surface area contributed by atoms with Crippen molar-refractivity contribution >= 4 is 15.3 Å². The molecular formula is C5H12N2O4S. The Labute approximate surface area is 71.1 Å². The summed E-state index contributed by atoms with van der Waals surface area (Å²) in [6, 6.07) is 0. The van der Waals surface area contributed by atoms with Crippen LogP contribution < -0.4 is 10.6 Å². The molecule has 0 unspecified atom stereocenters. The fraction of sp³-hybridized carbons (Fsp3) is 0.800. The third-order valence-corrected chi connectivity index (χ3v) is 1.61. The van der Waals surface area contributed by atoms with Gasteiger partial charge in [0, 0.05) is 0 Å². The van der Waals surface area contributed by atoms with Gasteiger partial charge in [0.05, 0.1) is 6.61 Å². The SMILES string of the molecule is CCCCONC(=O)S(N)(=O)=O. The van der Waals surface area contributed by atoms with Crippen LogP contribution in [0.3, 0.4) is 0 Å². The lowest BCUT2D eigenvalue weighted by Gasteiger charge is -2.02. The monoisotopic (exact) mass is 196 g/mol. The third kappa shape index (κ3) is 5.05. The highest BCUT2D eigenvalue weighted by molar-refractivity contribution is 8.04. The highest BCUT2D eigenvalue weighted by atomic mass is 32.2. The smallest absolute Gasteiger partial charge is 0.273 e. The maximum atomic E-state index is 10.5. The van der Waals surface area contributed by atoms with E-state index in [0.717, 1.165) is 12.8 Å². The largest absolute Gasteiger partial charge is 0.374 e. The Kier molecular flexibility index (Phi) is 4.79. The van der Waals surface area contributed by atoms with E-state index in [2.05, 4.69) is 9.98 Å². The topological polar surface area (TPSA) is 98.5 Å². The van der Waals surface area contributed by atoms with Crippen molar-refractivity contribution in [3.8, 4) is 0 Å². The Balaban J connectivity index is 3.60. The summed E-state index contributed by atoms with van der Waals surface area (Å²) in [6.45, 7) is 2.21. The zero-order valence-corrected chi connectivity index (χ0v) is 7.56. The van der Waals surface area contributed by atoms with E-state index >= 15 is 0 Å². The lowest BCUT2D eigenvalue weighted by molar-refractivity contribution is 0.0675. The molecule has 0 aliphatic heterocycles. The molecule has 12 heavy (non-hydrogen) atoms. The van der Waals surface area contributed by atoms with E-state index in [1.165, 1.54) is 0 Å². The average Bonchev–Trinajstić information content (AvgIpc) is 1.96. The van der Waals surface area contributed by atoms with E-state index in [1.54, 1.807) is 5.48 Å². The molecule has 0 aromatic rings. The van der Waals surface area contributed by atoms with Gasteiger partial charge in [-0.2, -0.15) is 0 Å². The van der Waals surface area contributed by atoms with Crippen LogP contribution in [0.4, 0.5) is 4.79 Å². The first kappa shape index (κ1) is 11.3. The molecule has 7 heteroatoms. The molecule has 0 saturated carbocycles. The number of nitrogens with one attached hydrogen (secondary N) is 1. The Hall–Kier alpha value is -0.660. The van der Waals surface area contributed by atoms with Crippen LogP contribution in [0.25, 0.3) is 0 Å². The van der Waals surface area contributed by atoms with Gasteiger partial charge in [0.1, 0.15) is 0 Å². The van der Waals surface area contributed by atoms with Crippen molar-refractivity contribution in [1.29, 1.82) is 0 Å². The van der Waals surface area contributed by atoms with Crippen molar-refractivity contribution in [3.63, 3.8) is 0 Å². The van der Waals surface area contributed by atoms with Crippen LogP contribution in [0, 0.1) is 0 Å². The van der Waals surface area contributed by atoms with Gasteiger partial charge in [-0.15, -0.1) is 0 Å². The van der Waals surface area contributed by atoms with Crippen molar-refractivity contribution in [3.05, 3.63) is 0 Å². The van der Waals surface area contributed by atoms with Crippen LogP contribution in [0.1, 0.15) is 19.8 Å². The number of carbonyl (C=O) groups is 1. The number of rotatable bonds is 4. The van der Waals surface area contributed by atoms with Crippen LogP contribution in [0.15, 0.2) is 0 Å². The number of hydroxylamine groups is 1. The number of hydrogen-bond donors (Lipinski definition) is 2. The fourth-order valence-electron chi connectivity index (χ4n) is 0.385. The van der Waals surface area contributed by atoms with Gasteiger partial charge >= 0.3 is 5.24 Å². The van der Waals surface area contributed by atoms with Crippen molar-refractivity contribution in [2.24, 2.45) is 5.14 Å². The van der Waals surface area contributed by atoms with E-state index in [9.17, 15) is 13.2 Å². The highest BCUT2D eigenvalue weighted by Crippen LogP contribution is 1.86. The van der Waals surface area contributed by atoms with Gasteiger partial charge in [-0.3, -0.25) is 9.63 Å². The van der Waals surface area contributed by atoms with E-state index < -0.39 is 15.3 Å². The number of carbonyl (C=O) groups excluding carboxylic acids is 1. The van der Waals surface area contributed by atoms with Crippen LogP contribution in [-0.4, -0.2) is 20.3 Å². The minimum atomic E-state index is -4.17. The summed E-state index contributed by atoms with van der Waals surface area (Å²) in [5.74, 6) is 0. The number of unbranched alkanes of at least 4 members (excludes halogenated alkanes) is 1. The molecule has 0 atom stereocenters. The van der Waals surface area contributed by atoms with Gasteiger partial charge in [-0.05, 0) is 6.42 Å². The molecule has 0 aliphatic rings. The predicted octanol–water partition coefficient (Wildman–Crippen LogP) is -0.284. The van der Waals surface area contributed by atoms with E-state index in [4.69, 9.17) is 0 Å². The zero-order chi connectivity index (χ0) is 9.61. The minimum Gasteiger partial charge on any atom is -0.273 e. The van der Waals surface area contributed by atoms with Crippen LogP contribution in [-0.2, 0) is 14.9 Å². The highest BCUT2D eigenvalue weighted by Gasteiger charge is 2.15. The van der Waals surface area contributed by atoms with E-state index in [0.29, 0.717) is 0 Å². The van der Waals surface area contributed by atoms with Gasteiger partial charge in [0.25, 0.3) is 10.0 Å². The summed E-state index contributed by atoms with van der Waals surface area (Å²) < 4.78 is 20.6. The predicted molar refractivity (Wildman–Crippen MR) is 42.5 cm³/mol. The third-order valence-electron chi connectivity index (χ3n) is 1.01. The quantitative estimate of drug-likeness (QED) is 0.477. The first-order valence-corrected chi connectivity index (χ1v) is 4.97. The van der Waals surface area contributed by atoms with E-state index in [1.807, 2.05) is 6.92 Å². The standard InChI is InChI=1S/C5H12N2O4S/c1-2-3-4-11-7-5(8)12(6,9)10/h2-4H2,1H3,(H,7,8)(H2,6,9,10). The van der Waals surface area contributed by atoms with Crippen LogP contribution in [0.5, 0.6) is 0 Å². The lowest BCUT2D eigenvalue weighted by atomic mass is 10.4. The Morgan fingerprint density at radius 3 is 2.58 bits per heavy atom. The molecule has 0 rings (SSSR count). The van der Waals surface area contributed by atoms with Crippen molar-refractivity contribution < 1.29 is 18.0 Å². The maximum Gasteiger partial charge on any atom is 0.374 e. The summed E-state index contributed by atoms with van der Waals surface area (Å²) in [7, 11) is -4.17. The second kappa shape index (κ2) is 5.07. The molecule has 0 aromatic heterocycles. The number of amides is 1. The molecule has 0 fully saturated rings. The Bertz CT molecular complexity index is 236. The average molecular weight is 196 g/mol. The van der Waals surface area contributed by atoms with Gasteiger partial charge in [-0.25, -0.2) is 19.0 Å². The number of primary sulfonamides is 1. The van der Waals surface area contributed by atoms with Gasteiger partial charge in [0.2, 0.25) is 0 Å². The molecule has 0 saturated heterocycles. The number of sulfonamides is 1. The summed E-state index contributed by atoms with van der Waals surface area (Å²) >= 11 is 0. The molecular weight excluding hydrogens is 184 g/mol. The molecule has 0 bridgehead atoms. The van der Waals surface area contributed by atoms with Crippen LogP contribution in [0.2, 0.25) is 0 Å². The molecule has 0 aromatic carbocycles. The first-order chi connectivity index (χ1) is 5.48. The molecule has 1 amide bonds. The minimum absolute atomic E-state index is 0.276. The second-order valence-electron chi connectivity index (χ2n) is 2.14. The number of hydrogen-bond acceptors (Lipinski definition) is 4. The Morgan fingerprint density at radius 2 is 2.17 bits per heavy atom. The fourth-order valence-corrected chi connectivity index (χ4v) is 0.560. The van der Waals surface area contributed by atoms with Crippen molar-refractivity contribution in [2.45, 2.75) is 19.8 Å². The van der Waals surface area contributed by atoms with E-state index in [-0.39, 0.29) is 6.61 Å². The molecule has 0 radical (unpaired) electrons. The molecule has 0 heterocycles. The normalized spacial score (nSPS) is 11.2. The molecule has 3 N–H and O–H groups in total. The molecule has 72 valence electrons. The summed E-state index contributed by atoms with van der Waals surface area (Å²) in [5.41, 5.74) is 1.71. The van der Waals surface area contributed by atoms with Crippen molar-refractivity contribution in [1.82, 2.24) is 5.48 Å². The molecule has 6 nitrogen and oxygen atoms in total. The van der Waals surface area contributed by atoms with Crippen molar-refractivity contribution in [2.75, 3.05) is 6.61 Å². The maximum absolute atomic E-state index is 10.5. The molecule has 0 aliphatic carbocycles. The van der Waals surface area contributed by atoms with Crippen LogP contribution >= 0.6 is 0 Å². The summed E-state index contributed by atoms with van der Waals surface area (Å²) in [5, 5.41) is 3.15. The molecule has 0 spiro atoms. The van der Waals surface area contributed by atoms with Gasteiger partial charge < -0.3 is 0 Å². The second-order valence-corrected chi connectivity index (χ2v) is 3.60. The summed E-state index contributed by atoms with van der Waals surface area (Å²) in [4.78, 5) is 15.0. The zero-order valence-electron chi connectivity index (χ0n) is 6.74. The first-order valence-electron chi connectivity index (χ1n) is 3.43. The van der Waals surface area contributed by atoms with Gasteiger partial charge in [0.15, 0.2) is 0 Å².